The largest absolute Gasteiger partial charge is 0.378 e. The molecular formula is C14H26ClNO2. The first-order valence-electron chi connectivity index (χ1n) is 7.16. The van der Waals surface area contributed by atoms with Crippen LogP contribution in [0.5, 0.6) is 0 Å². The van der Waals surface area contributed by atoms with Crippen molar-refractivity contribution in [1.82, 2.24) is 5.32 Å². The van der Waals surface area contributed by atoms with Gasteiger partial charge in [-0.05, 0) is 44.4 Å². The Morgan fingerprint density at radius 2 is 2.33 bits per heavy atom. The van der Waals surface area contributed by atoms with Crippen molar-refractivity contribution < 1.29 is 9.53 Å². The van der Waals surface area contributed by atoms with Crippen molar-refractivity contribution in [2.75, 3.05) is 19.0 Å². The zero-order valence-electron chi connectivity index (χ0n) is 11.4. The third-order valence-electron chi connectivity index (χ3n) is 3.43. The van der Waals surface area contributed by atoms with E-state index in [9.17, 15) is 4.79 Å². The zero-order chi connectivity index (χ0) is 13.2. The first-order valence-corrected chi connectivity index (χ1v) is 7.70. The lowest BCUT2D eigenvalue weighted by molar-refractivity contribution is -0.122. The zero-order valence-corrected chi connectivity index (χ0v) is 12.2. The van der Waals surface area contributed by atoms with E-state index in [4.69, 9.17) is 16.3 Å². The summed E-state index contributed by atoms with van der Waals surface area (Å²) >= 11 is 5.73. The lowest BCUT2D eigenvalue weighted by Gasteiger charge is -2.22. The molecule has 1 saturated heterocycles. The molecule has 0 bridgehead atoms. The highest BCUT2D eigenvalue weighted by Gasteiger charge is 2.14. The summed E-state index contributed by atoms with van der Waals surface area (Å²) in [7, 11) is 0. The van der Waals surface area contributed by atoms with E-state index in [0.29, 0.717) is 24.3 Å². The molecule has 18 heavy (non-hydrogen) atoms. The molecule has 0 aromatic rings. The van der Waals surface area contributed by atoms with E-state index in [1.165, 1.54) is 12.8 Å². The minimum atomic E-state index is 0.155. The summed E-state index contributed by atoms with van der Waals surface area (Å²) in [6.45, 7) is 3.77. The maximum absolute atomic E-state index is 11.6. The number of rotatable bonds is 8. The van der Waals surface area contributed by atoms with Crippen LogP contribution >= 0.6 is 11.6 Å². The highest BCUT2D eigenvalue weighted by molar-refractivity contribution is 6.18. The molecule has 0 radical (unpaired) electrons. The standard InChI is InChI=1S/C14H26ClNO2/c1-12(11-15)5-4-9-16-14(17)8-7-13-6-2-3-10-18-13/h12-13H,2-11H2,1H3,(H,16,17). The van der Waals surface area contributed by atoms with Crippen molar-refractivity contribution in [3.63, 3.8) is 0 Å². The van der Waals surface area contributed by atoms with E-state index >= 15 is 0 Å². The van der Waals surface area contributed by atoms with Gasteiger partial charge in [0.1, 0.15) is 0 Å². The maximum atomic E-state index is 11.6. The number of carbonyl (C=O) groups is 1. The Balaban J connectivity index is 1.96. The fourth-order valence-corrected chi connectivity index (χ4v) is 2.33. The molecule has 1 amide bonds. The molecule has 1 heterocycles. The van der Waals surface area contributed by atoms with Crippen molar-refractivity contribution in [2.45, 2.75) is 58.0 Å². The Morgan fingerprint density at radius 3 is 3.00 bits per heavy atom. The summed E-state index contributed by atoms with van der Waals surface area (Å²) in [4.78, 5) is 11.6. The SMILES string of the molecule is CC(CCl)CCCNC(=O)CCC1CCCCO1. The average Bonchev–Trinajstić information content (AvgIpc) is 2.42. The Bertz CT molecular complexity index is 230. The summed E-state index contributed by atoms with van der Waals surface area (Å²) in [5, 5.41) is 2.96. The Hall–Kier alpha value is -0.280. The highest BCUT2D eigenvalue weighted by Crippen LogP contribution is 2.16. The first kappa shape index (κ1) is 15.8. The lowest BCUT2D eigenvalue weighted by Crippen LogP contribution is -2.27. The maximum Gasteiger partial charge on any atom is 0.220 e. The molecule has 0 aromatic carbocycles. The van der Waals surface area contributed by atoms with Gasteiger partial charge >= 0.3 is 0 Å². The van der Waals surface area contributed by atoms with Crippen LogP contribution < -0.4 is 5.32 Å². The molecule has 1 rings (SSSR count). The van der Waals surface area contributed by atoms with Gasteiger partial charge in [-0.15, -0.1) is 11.6 Å². The van der Waals surface area contributed by atoms with E-state index < -0.39 is 0 Å². The van der Waals surface area contributed by atoms with Gasteiger partial charge in [0.25, 0.3) is 0 Å². The predicted octanol–water partition coefficient (Wildman–Crippen LogP) is 3.11. The molecule has 1 fully saturated rings. The van der Waals surface area contributed by atoms with E-state index in [-0.39, 0.29) is 5.91 Å². The number of amides is 1. The van der Waals surface area contributed by atoms with Crippen LogP contribution in [0.4, 0.5) is 0 Å². The van der Waals surface area contributed by atoms with Gasteiger partial charge in [0.2, 0.25) is 5.91 Å². The van der Waals surface area contributed by atoms with Gasteiger partial charge in [-0.1, -0.05) is 6.92 Å². The van der Waals surface area contributed by atoms with Gasteiger partial charge in [-0.2, -0.15) is 0 Å². The number of halogens is 1. The molecule has 0 aliphatic carbocycles. The first-order chi connectivity index (χ1) is 8.72. The van der Waals surface area contributed by atoms with Crippen molar-refractivity contribution in [3.05, 3.63) is 0 Å². The second kappa shape index (κ2) is 9.62. The molecule has 0 saturated carbocycles. The summed E-state index contributed by atoms with van der Waals surface area (Å²) in [5.41, 5.74) is 0. The van der Waals surface area contributed by atoms with Crippen LogP contribution in [-0.2, 0) is 9.53 Å². The van der Waals surface area contributed by atoms with E-state index in [1.807, 2.05) is 0 Å². The second-order valence-electron chi connectivity index (χ2n) is 5.28. The van der Waals surface area contributed by atoms with Crippen LogP contribution in [0, 0.1) is 5.92 Å². The number of carbonyl (C=O) groups excluding carboxylic acids is 1. The van der Waals surface area contributed by atoms with Crippen molar-refractivity contribution >= 4 is 17.5 Å². The molecular weight excluding hydrogens is 250 g/mol. The number of hydrogen-bond donors (Lipinski definition) is 1. The fraction of sp³-hybridized carbons (Fsp3) is 0.929. The van der Waals surface area contributed by atoms with E-state index in [2.05, 4.69) is 12.2 Å². The van der Waals surface area contributed by atoms with Gasteiger partial charge in [-0.3, -0.25) is 4.79 Å². The monoisotopic (exact) mass is 275 g/mol. The van der Waals surface area contributed by atoms with Crippen LogP contribution in [0.15, 0.2) is 0 Å². The minimum absolute atomic E-state index is 0.155. The van der Waals surface area contributed by atoms with Crippen molar-refractivity contribution in [1.29, 1.82) is 0 Å². The van der Waals surface area contributed by atoms with Crippen molar-refractivity contribution in [2.24, 2.45) is 5.92 Å². The topological polar surface area (TPSA) is 38.3 Å². The Morgan fingerprint density at radius 1 is 1.50 bits per heavy atom. The molecule has 1 aliphatic heterocycles. The van der Waals surface area contributed by atoms with Gasteiger partial charge in [0.05, 0.1) is 6.10 Å². The molecule has 3 nitrogen and oxygen atoms in total. The van der Waals surface area contributed by atoms with Crippen LogP contribution in [0.3, 0.4) is 0 Å². The number of hydrogen-bond acceptors (Lipinski definition) is 2. The van der Waals surface area contributed by atoms with Gasteiger partial charge in [-0.25, -0.2) is 0 Å². The molecule has 0 spiro atoms. The fourth-order valence-electron chi connectivity index (χ4n) is 2.17. The average molecular weight is 276 g/mol. The summed E-state index contributed by atoms with van der Waals surface area (Å²) in [6, 6.07) is 0. The summed E-state index contributed by atoms with van der Waals surface area (Å²) in [5.74, 6) is 1.40. The van der Waals surface area contributed by atoms with Crippen LogP contribution in [0.1, 0.15) is 51.9 Å². The lowest BCUT2D eigenvalue weighted by atomic mass is 10.0. The number of alkyl halides is 1. The van der Waals surface area contributed by atoms with Gasteiger partial charge < -0.3 is 10.1 Å². The summed E-state index contributed by atoms with van der Waals surface area (Å²) in [6.07, 6.45) is 7.38. The molecule has 4 heteroatoms. The van der Waals surface area contributed by atoms with Gasteiger partial charge in [0, 0.05) is 25.5 Å². The smallest absolute Gasteiger partial charge is 0.220 e. The van der Waals surface area contributed by atoms with Gasteiger partial charge in [0.15, 0.2) is 0 Å². The molecule has 1 aliphatic rings. The predicted molar refractivity (Wildman–Crippen MR) is 75.0 cm³/mol. The highest BCUT2D eigenvalue weighted by atomic mass is 35.5. The second-order valence-corrected chi connectivity index (χ2v) is 5.59. The molecule has 2 atom stereocenters. The van der Waals surface area contributed by atoms with E-state index in [0.717, 1.165) is 38.8 Å². The van der Waals surface area contributed by atoms with Crippen molar-refractivity contribution in [3.8, 4) is 0 Å². The number of nitrogens with one attached hydrogen (secondary N) is 1. The van der Waals surface area contributed by atoms with Crippen LogP contribution in [0.25, 0.3) is 0 Å². The normalized spacial score (nSPS) is 21.6. The Labute approximate surface area is 116 Å². The molecule has 0 aromatic heterocycles. The molecule has 2 unspecified atom stereocenters. The van der Waals surface area contributed by atoms with Crippen LogP contribution in [-0.4, -0.2) is 31.0 Å². The third-order valence-corrected chi connectivity index (χ3v) is 3.95. The minimum Gasteiger partial charge on any atom is -0.378 e. The molecule has 106 valence electrons. The quantitative estimate of drug-likeness (QED) is 0.546. The summed E-state index contributed by atoms with van der Waals surface area (Å²) < 4.78 is 5.61. The third kappa shape index (κ3) is 7.22. The molecule has 1 N–H and O–H groups in total. The van der Waals surface area contributed by atoms with E-state index in [1.54, 1.807) is 0 Å². The number of ether oxygens (including phenoxy) is 1. The Kier molecular flexibility index (Phi) is 8.44. The van der Waals surface area contributed by atoms with Crippen LogP contribution in [0.2, 0.25) is 0 Å².